The Morgan fingerprint density at radius 1 is 0.947 bits per heavy atom. The summed E-state index contributed by atoms with van der Waals surface area (Å²) in [7, 11) is 0. The van der Waals surface area contributed by atoms with E-state index in [1.165, 1.54) is 11.1 Å². The quantitative estimate of drug-likeness (QED) is 0.816. The maximum Gasteiger partial charge on any atom is 0.0954 e. The normalized spacial score (nSPS) is 16.3. The molecule has 2 aromatic carbocycles. The molecule has 0 bridgehead atoms. The summed E-state index contributed by atoms with van der Waals surface area (Å²) in [5, 5.41) is 2.00. The molecule has 96 valence electrons. The highest BCUT2D eigenvalue weighted by atomic mass is 16.7. The second kappa shape index (κ2) is 5.29. The molecule has 1 aliphatic heterocycles. The van der Waals surface area contributed by atoms with E-state index in [9.17, 15) is 0 Å². The molecule has 1 atom stereocenters. The molecule has 1 unspecified atom stereocenters. The minimum absolute atomic E-state index is 0.204. The van der Waals surface area contributed by atoms with Crippen LogP contribution in [-0.4, -0.2) is 11.7 Å². The molecule has 0 spiro atoms. The van der Waals surface area contributed by atoms with Gasteiger partial charge in [0.2, 0.25) is 0 Å². The Labute approximate surface area is 113 Å². The predicted molar refractivity (Wildman–Crippen MR) is 77.1 cm³/mol. The molecule has 3 rings (SSSR count). The monoisotopic (exact) mass is 251 g/mol. The average molecular weight is 251 g/mol. The first-order chi connectivity index (χ1) is 9.36. The third kappa shape index (κ3) is 2.40. The molecular formula is C17H17NO. The zero-order chi connectivity index (χ0) is 13.1. The van der Waals surface area contributed by atoms with Gasteiger partial charge in [-0.3, -0.25) is 4.84 Å². The maximum absolute atomic E-state index is 5.78. The zero-order valence-electron chi connectivity index (χ0n) is 11.0. The van der Waals surface area contributed by atoms with Crippen molar-refractivity contribution < 1.29 is 4.84 Å². The Balaban J connectivity index is 1.88. The SMILES string of the molecule is CC(c1ccccc1)N1OCC=C1c1ccccc1. The number of hydrogen-bond donors (Lipinski definition) is 0. The van der Waals surface area contributed by atoms with Crippen LogP contribution in [0.15, 0.2) is 66.7 Å². The third-order valence-electron chi connectivity index (χ3n) is 3.43. The first-order valence-electron chi connectivity index (χ1n) is 6.59. The maximum atomic E-state index is 5.78. The third-order valence-corrected chi connectivity index (χ3v) is 3.43. The van der Waals surface area contributed by atoms with E-state index in [0.29, 0.717) is 6.61 Å². The van der Waals surface area contributed by atoms with Crippen molar-refractivity contribution in [1.82, 2.24) is 5.06 Å². The summed E-state index contributed by atoms with van der Waals surface area (Å²) in [6.07, 6.45) is 2.13. The number of hydrogen-bond acceptors (Lipinski definition) is 2. The van der Waals surface area contributed by atoms with E-state index in [1.807, 2.05) is 17.2 Å². The van der Waals surface area contributed by atoms with Crippen LogP contribution in [0.5, 0.6) is 0 Å². The van der Waals surface area contributed by atoms with Crippen molar-refractivity contribution in [2.24, 2.45) is 0 Å². The molecule has 1 aliphatic rings. The average Bonchev–Trinajstić information content (AvgIpc) is 2.98. The minimum Gasteiger partial charge on any atom is -0.269 e. The highest BCUT2D eigenvalue weighted by Gasteiger charge is 2.24. The van der Waals surface area contributed by atoms with Crippen LogP contribution in [0.25, 0.3) is 5.70 Å². The summed E-state index contributed by atoms with van der Waals surface area (Å²) in [5.74, 6) is 0. The van der Waals surface area contributed by atoms with Gasteiger partial charge in [-0.15, -0.1) is 0 Å². The van der Waals surface area contributed by atoms with Crippen LogP contribution in [0.4, 0.5) is 0 Å². The van der Waals surface area contributed by atoms with Crippen LogP contribution in [0.1, 0.15) is 24.1 Å². The fraction of sp³-hybridized carbons (Fsp3) is 0.176. The van der Waals surface area contributed by atoms with Crippen LogP contribution in [-0.2, 0) is 4.84 Å². The van der Waals surface area contributed by atoms with Crippen LogP contribution in [0.3, 0.4) is 0 Å². The van der Waals surface area contributed by atoms with Crippen molar-refractivity contribution in [3.8, 4) is 0 Å². The van der Waals surface area contributed by atoms with Gasteiger partial charge in [-0.05, 0) is 24.1 Å². The van der Waals surface area contributed by atoms with E-state index in [-0.39, 0.29) is 6.04 Å². The number of nitrogens with zero attached hydrogens (tertiary/aromatic N) is 1. The van der Waals surface area contributed by atoms with Crippen LogP contribution >= 0.6 is 0 Å². The predicted octanol–water partition coefficient (Wildman–Crippen LogP) is 4.04. The fourth-order valence-corrected chi connectivity index (χ4v) is 2.40. The van der Waals surface area contributed by atoms with Crippen LogP contribution in [0.2, 0.25) is 0 Å². The Hall–Kier alpha value is -2.06. The Kier molecular flexibility index (Phi) is 3.34. The van der Waals surface area contributed by atoms with Crippen molar-refractivity contribution in [2.45, 2.75) is 13.0 Å². The Morgan fingerprint density at radius 3 is 2.26 bits per heavy atom. The van der Waals surface area contributed by atoms with E-state index in [0.717, 1.165) is 5.70 Å². The van der Waals surface area contributed by atoms with E-state index in [1.54, 1.807) is 0 Å². The molecule has 19 heavy (non-hydrogen) atoms. The lowest BCUT2D eigenvalue weighted by Gasteiger charge is -2.28. The first-order valence-corrected chi connectivity index (χ1v) is 6.59. The zero-order valence-corrected chi connectivity index (χ0v) is 11.0. The summed E-state index contributed by atoms with van der Waals surface area (Å²) in [4.78, 5) is 5.78. The lowest BCUT2D eigenvalue weighted by Crippen LogP contribution is -2.21. The Bertz CT molecular complexity index is 562. The molecule has 0 saturated heterocycles. The highest BCUT2D eigenvalue weighted by Crippen LogP contribution is 2.32. The highest BCUT2D eigenvalue weighted by molar-refractivity contribution is 5.64. The largest absolute Gasteiger partial charge is 0.269 e. The summed E-state index contributed by atoms with van der Waals surface area (Å²) < 4.78 is 0. The Morgan fingerprint density at radius 2 is 1.58 bits per heavy atom. The lowest BCUT2D eigenvalue weighted by molar-refractivity contribution is -0.108. The summed E-state index contributed by atoms with van der Waals surface area (Å²) in [6, 6.07) is 21.0. The smallest absolute Gasteiger partial charge is 0.0954 e. The molecule has 0 saturated carbocycles. The number of rotatable bonds is 3. The minimum atomic E-state index is 0.204. The molecule has 0 aliphatic carbocycles. The van der Waals surface area contributed by atoms with Gasteiger partial charge in [-0.2, -0.15) is 0 Å². The second-order valence-corrected chi connectivity index (χ2v) is 4.66. The van der Waals surface area contributed by atoms with Crippen molar-refractivity contribution in [3.63, 3.8) is 0 Å². The van der Waals surface area contributed by atoms with Crippen molar-refractivity contribution in [3.05, 3.63) is 77.9 Å². The van der Waals surface area contributed by atoms with Gasteiger partial charge in [0.1, 0.15) is 0 Å². The molecule has 0 amide bonds. The number of benzene rings is 2. The van der Waals surface area contributed by atoms with Gasteiger partial charge in [-0.25, -0.2) is 5.06 Å². The van der Waals surface area contributed by atoms with Crippen molar-refractivity contribution in [1.29, 1.82) is 0 Å². The molecular weight excluding hydrogens is 234 g/mol. The van der Waals surface area contributed by atoms with Crippen molar-refractivity contribution >= 4 is 5.70 Å². The standard InChI is InChI=1S/C17H17NO/c1-14(15-8-4-2-5-9-15)18-17(12-13-19-18)16-10-6-3-7-11-16/h2-12,14H,13H2,1H3. The van der Waals surface area contributed by atoms with Gasteiger partial charge in [0, 0.05) is 0 Å². The van der Waals surface area contributed by atoms with Crippen molar-refractivity contribution in [2.75, 3.05) is 6.61 Å². The van der Waals surface area contributed by atoms with Gasteiger partial charge < -0.3 is 0 Å². The van der Waals surface area contributed by atoms with E-state index >= 15 is 0 Å². The molecule has 0 N–H and O–H groups in total. The van der Waals surface area contributed by atoms with E-state index < -0.39 is 0 Å². The number of hydroxylamine groups is 2. The van der Waals surface area contributed by atoms with Gasteiger partial charge in [0.15, 0.2) is 0 Å². The second-order valence-electron chi connectivity index (χ2n) is 4.66. The summed E-state index contributed by atoms with van der Waals surface area (Å²) >= 11 is 0. The molecule has 0 fully saturated rings. The topological polar surface area (TPSA) is 12.5 Å². The lowest BCUT2D eigenvalue weighted by atomic mass is 10.1. The molecule has 2 aromatic rings. The molecule has 2 heteroatoms. The van der Waals surface area contributed by atoms with Gasteiger partial charge in [-0.1, -0.05) is 60.7 Å². The van der Waals surface area contributed by atoms with Crippen LogP contribution in [0, 0.1) is 0 Å². The first kappa shape index (κ1) is 12.0. The van der Waals surface area contributed by atoms with Crippen LogP contribution < -0.4 is 0 Å². The summed E-state index contributed by atoms with van der Waals surface area (Å²) in [6.45, 7) is 2.80. The molecule has 0 aromatic heterocycles. The molecule has 2 nitrogen and oxygen atoms in total. The van der Waals surface area contributed by atoms with Gasteiger partial charge in [0.05, 0.1) is 18.3 Å². The molecule has 0 radical (unpaired) electrons. The fourth-order valence-electron chi connectivity index (χ4n) is 2.40. The van der Waals surface area contributed by atoms with Gasteiger partial charge >= 0.3 is 0 Å². The van der Waals surface area contributed by atoms with E-state index in [2.05, 4.69) is 61.5 Å². The summed E-state index contributed by atoms with van der Waals surface area (Å²) in [5.41, 5.74) is 3.60. The van der Waals surface area contributed by atoms with E-state index in [4.69, 9.17) is 4.84 Å². The van der Waals surface area contributed by atoms with Gasteiger partial charge in [0.25, 0.3) is 0 Å². The molecule has 1 heterocycles.